The molecule has 27 heavy (non-hydrogen) atoms. The van der Waals surface area contributed by atoms with Gasteiger partial charge in [0, 0.05) is 17.3 Å². The van der Waals surface area contributed by atoms with Crippen molar-refractivity contribution < 1.29 is 19.2 Å². The molecular weight excluding hydrogens is 372 g/mol. The Morgan fingerprint density at radius 2 is 1.93 bits per heavy atom. The molecule has 140 valence electrons. The molecule has 3 atom stereocenters. The van der Waals surface area contributed by atoms with Gasteiger partial charge in [-0.1, -0.05) is 48.9 Å². The average molecular weight is 389 g/mol. The van der Waals surface area contributed by atoms with E-state index in [4.69, 9.17) is 16.3 Å². The second-order valence-corrected chi connectivity index (χ2v) is 6.87. The summed E-state index contributed by atoms with van der Waals surface area (Å²) >= 11 is 5.79. The third-order valence-corrected chi connectivity index (χ3v) is 4.72. The van der Waals surface area contributed by atoms with Crippen molar-refractivity contribution in [3.05, 3.63) is 69.2 Å². The van der Waals surface area contributed by atoms with Gasteiger partial charge < -0.3 is 10.1 Å². The second kappa shape index (κ2) is 7.75. The minimum absolute atomic E-state index is 0.0354. The molecule has 7 nitrogen and oxygen atoms in total. The normalized spacial score (nSPS) is 19.0. The maximum Gasteiger partial charge on any atom is 0.310 e. The molecule has 1 aliphatic carbocycles. The van der Waals surface area contributed by atoms with E-state index in [0.29, 0.717) is 5.56 Å². The Kier molecular flexibility index (Phi) is 5.41. The summed E-state index contributed by atoms with van der Waals surface area (Å²) in [6.45, 7) is 1.94. The van der Waals surface area contributed by atoms with E-state index in [1.807, 2.05) is 6.92 Å². The van der Waals surface area contributed by atoms with Crippen LogP contribution < -0.4 is 5.32 Å². The number of rotatable bonds is 6. The molecule has 2 aromatic carbocycles. The smallest absolute Gasteiger partial charge is 0.310 e. The molecule has 1 aliphatic rings. The molecule has 0 saturated heterocycles. The Morgan fingerprint density at radius 1 is 1.26 bits per heavy atom. The van der Waals surface area contributed by atoms with Gasteiger partial charge in [-0.2, -0.15) is 0 Å². The highest BCUT2D eigenvalue weighted by Gasteiger charge is 2.42. The van der Waals surface area contributed by atoms with Crippen molar-refractivity contribution in [1.29, 1.82) is 0 Å². The van der Waals surface area contributed by atoms with Gasteiger partial charge in [-0.05, 0) is 24.5 Å². The van der Waals surface area contributed by atoms with E-state index in [9.17, 15) is 19.7 Å². The lowest BCUT2D eigenvalue weighted by atomic mass is 10.1. The number of nitrogens with one attached hydrogen (secondary N) is 1. The Bertz CT molecular complexity index is 887. The van der Waals surface area contributed by atoms with E-state index in [2.05, 4.69) is 5.32 Å². The van der Waals surface area contributed by atoms with Gasteiger partial charge >= 0.3 is 5.97 Å². The van der Waals surface area contributed by atoms with E-state index in [-0.39, 0.29) is 28.2 Å². The minimum Gasteiger partial charge on any atom is -0.447 e. The Hall–Kier alpha value is -2.93. The van der Waals surface area contributed by atoms with Crippen LogP contribution in [-0.4, -0.2) is 16.8 Å². The number of halogens is 1. The van der Waals surface area contributed by atoms with Crippen molar-refractivity contribution in [2.45, 2.75) is 19.4 Å². The summed E-state index contributed by atoms with van der Waals surface area (Å²) in [5, 5.41) is 13.5. The van der Waals surface area contributed by atoms with Crippen LogP contribution in [0, 0.1) is 22.0 Å². The van der Waals surface area contributed by atoms with E-state index >= 15 is 0 Å². The maximum absolute atomic E-state index is 12.7. The SMILES string of the molecule is C[C@H]1C[C@@H]1C(=O)O[C@@H](C(=O)Nc1ccc(Cl)c([N+](=O)[O-])c1)c1ccccc1. The van der Waals surface area contributed by atoms with Crippen LogP contribution in [0.4, 0.5) is 11.4 Å². The molecule has 3 rings (SSSR count). The number of nitro benzene ring substituents is 1. The molecule has 1 saturated carbocycles. The molecular formula is C19H17ClN2O5. The summed E-state index contributed by atoms with van der Waals surface area (Å²) in [6.07, 6.45) is -0.410. The second-order valence-electron chi connectivity index (χ2n) is 6.46. The fourth-order valence-corrected chi connectivity index (χ4v) is 2.88. The first-order chi connectivity index (χ1) is 12.9. The first kappa shape index (κ1) is 18.8. The molecule has 0 unspecified atom stereocenters. The quantitative estimate of drug-likeness (QED) is 0.455. The van der Waals surface area contributed by atoms with E-state index in [1.54, 1.807) is 30.3 Å². The molecule has 8 heteroatoms. The summed E-state index contributed by atoms with van der Waals surface area (Å²) in [5.41, 5.74) is 0.377. The third-order valence-electron chi connectivity index (χ3n) is 4.40. The van der Waals surface area contributed by atoms with Crippen molar-refractivity contribution >= 4 is 34.9 Å². The molecule has 0 spiro atoms. The summed E-state index contributed by atoms with van der Waals surface area (Å²) in [6, 6.07) is 12.5. The standard InChI is InChI=1S/C19H17ClN2O5/c1-11-9-14(11)19(24)27-17(12-5-3-2-4-6-12)18(23)21-13-7-8-15(20)16(10-13)22(25)26/h2-8,10-11,14,17H,9H2,1H3,(H,21,23)/t11-,14-,17+/m0/s1. The first-order valence-electron chi connectivity index (χ1n) is 8.37. The van der Waals surface area contributed by atoms with Crippen molar-refractivity contribution in [1.82, 2.24) is 0 Å². The fourth-order valence-electron chi connectivity index (χ4n) is 2.69. The number of carbonyl (C=O) groups excluding carboxylic acids is 2. The number of carbonyl (C=O) groups is 2. The third kappa shape index (κ3) is 4.43. The van der Waals surface area contributed by atoms with Gasteiger partial charge in [0.05, 0.1) is 10.8 Å². The van der Waals surface area contributed by atoms with Crippen molar-refractivity contribution in [2.24, 2.45) is 11.8 Å². The monoisotopic (exact) mass is 388 g/mol. The summed E-state index contributed by atoms with van der Waals surface area (Å²) in [5.74, 6) is -0.968. The Labute approximate surface area is 160 Å². The topological polar surface area (TPSA) is 98.5 Å². The summed E-state index contributed by atoms with van der Waals surface area (Å²) < 4.78 is 5.46. The zero-order valence-electron chi connectivity index (χ0n) is 14.4. The lowest BCUT2D eigenvalue weighted by molar-refractivity contribution is -0.384. The number of ether oxygens (including phenoxy) is 1. The van der Waals surface area contributed by atoms with E-state index in [0.717, 1.165) is 12.5 Å². The number of nitrogens with zero attached hydrogens (tertiary/aromatic N) is 1. The molecule has 0 radical (unpaired) electrons. The molecule has 1 fully saturated rings. The van der Waals surface area contributed by atoms with Gasteiger partial charge in [-0.3, -0.25) is 19.7 Å². The highest BCUT2D eigenvalue weighted by atomic mass is 35.5. The lowest BCUT2D eigenvalue weighted by Gasteiger charge is -2.18. The van der Waals surface area contributed by atoms with Crippen molar-refractivity contribution in [3.63, 3.8) is 0 Å². The van der Waals surface area contributed by atoms with Crippen molar-refractivity contribution in [2.75, 3.05) is 5.32 Å². The Balaban J connectivity index is 1.81. The van der Waals surface area contributed by atoms with E-state index < -0.39 is 22.9 Å². The fraction of sp³-hybridized carbons (Fsp3) is 0.263. The van der Waals surface area contributed by atoms with Gasteiger partial charge in [-0.25, -0.2) is 0 Å². The van der Waals surface area contributed by atoms with Gasteiger partial charge in [0.2, 0.25) is 6.10 Å². The molecule has 2 aromatic rings. The molecule has 1 amide bonds. The number of anilines is 1. The van der Waals surface area contributed by atoms with Crippen LogP contribution in [0.1, 0.15) is 25.0 Å². The predicted octanol–water partition coefficient (Wildman–Crippen LogP) is 4.13. The maximum atomic E-state index is 12.7. The number of nitro groups is 1. The highest BCUT2D eigenvalue weighted by molar-refractivity contribution is 6.32. The molecule has 0 aliphatic heterocycles. The van der Waals surface area contributed by atoms with Gasteiger partial charge in [-0.15, -0.1) is 0 Å². The van der Waals surface area contributed by atoms with Gasteiger partial charge in [0.25, 0.3) is 11.6 Å². The predicted molar refractivity (Wildman–Crippen MR) is 99.3 cm³/mol. The number of benzene rings is 2. The number of hydrogen-bond donors (Lipinski definition) is 1. The minimum atomic E-state index is -1.15. The molecule has 0 bridgehead atoms. The lowest BCUT2D eigenvalue weighted by Crippen LogP contribution is -2.26. The van der Waals surface area contributed by atoms with Gasteiger partial charge in [0.15, 0.2) is 0 Å². The molecule has 0 heterocycles. The summed E-state index contributed by atoms with van der Waals surface area (Å²) in [7, 11) is 0. The van der Waals surface area contributed by atoms with Crippen LogP contribution in [0.2, 0.25) is 5.02 Å². The first-order valence-corrected chi connectivity index (χ1v) is 8.75. The highest BCUT2D eigenvalue weighted by Crippen LogP contribution is 2.40. The van der Waals surface area contributed by atoms with E-state index in [1.165, 1.54) is 12.1 Å². The van der Waals surface area contributed by atoms with Crippen LogP contribution in [-0.2, 0) is 14.3 Å². The molecule has 1 N–H and O–H groups in total. The van der Waals surface area contributed by atoms with Crippen molar-refractivity contribution in [3.8, 4) is 0 Å². The van der Waals surface area contributed by atoms with Crippen LogP contribution in [0.15, 0.2) is 48.5 Å². The van der Waals surface area contributed by atoms with Crippen LogP contribution in [0.25, 0.3) is 0 Å². The van der Waals surface area contributed by atoms with Crippen LogP contribution >= 0.6 is 11.6 Å². The zero-order chi connectivity index (χ0) is 19.6. The number of hydrogen-bond acceptors (Lipinski definition) is 5. The largest absolute Gasteiger partial charge is 0.447 e. The number of amides is 1. The summed E-state index contributed by atoms with van der Waals surface area (Å²) in [4.78, 5) is 35.4. The number of esters is 1. The Morgan fingerprint density at radius 3 is 2.52 bits per heavy atom. The molecule has 0 aromatic heterocycles. The van der Waals surface area contributed by atoms with Crippen LogP contribution in [0.3, 0.4) is 0 Å². The average Bonchev–Trinajstić information content (AvgIpc) is 3.38. The van der Waals surface area contributed by atoms with Gasteiger partial charge in [0.1, 0.15) is 5.02 Å². The zero-order valence-corrected chi connectivity index (χ0v) is 15.2. The van der Waals surface area contributed by atoms with Crippen LogP contribution in [0.5, 0.6) is 0 Å².